The number of carboxylic acid groups (broad SMARTS) is 2. The lowest BCUT2D eigenvalue weighted by molar-refractivity contribution is -0.139. The third-order valence-electron chi connectivity index (χ3n) is 1.96. The van der Waals surface area contributed by atoms with E-state index in [9.17, 15) is 9.59 Å². The molecule has 0 amide bonds. The molecule has 0 aliphatic rings. The summed E-state index contributed by atoms with van der Waals surface area (Å²) < 4.78 is 0. The second kappa shape index (κ2) is 4.56. The van der Waals surface area contributed by atoms with Crippen LogP contribution in [0.15, 0.2) is 24.3 Å². The van der Waals surface area contributed by atoms with Gasteiger partial charge in [0.25, 0.3) is 0 Å². The summed E-state index contributed by atoms with van der Waals surface area (Å²) in [5.41, 5.74) is 6.44. The largest absolute Gasteiger partial charge is 0.481 e. The van der Waals surface area contributed by atoms with Gasteiger partial charge >= 0.3 is 11.9 Å². The van der Waals surface area contributed by atoms with Gasteiger partial charge < -0.3 is 15.9 Å². The van der Waals surface area contributed by atoms with E-state index in [4.69, 9.17) is 15.9 Å². The Morgan fingerprint density at radius 1 is 1.20 bits per heavy atom. The van der Waals surface area contributed by atoms with E-state index in [0.717, 1.165) is 0 Å². The molecule has 0 saturated carbocycles. The molecule has 0 unspecified atom stereocenters. The maximum absolute atomic E-state index is 10.5. The summed E-state index contributed by atoms with van der Waals surface area (Å²) in [6, 6.07) is 5.11. The van der Waals surface area contributed by atoms with Crippen molar-refractivity contribution in [2.24, 2.45) is 5.73 Å². The predicted octanol–water partition coefficient (Wildman–Crippen LogP) is 0.398. The molecule has 0 radical (unpaired) electrons. The molecule has 0 fully saturated rings. The van der Waals surface area contributed by atoms with Gasteiger partial charge in [0, 0.05) is 0 Å². The van der Waals surface area contributed by atoms with Crippen LogP contribution in [-0.2, 0) is 16.0 Å². The summed E-state index contributed by atoms with van der Waals surface area (Å²) in [5, 5.41) is 17.1. The standard InChI is InChI=1S/C10H11NO4/c11-9(10(14)15)7-3-1-6(2-4-7)5-8(12)13/h1-4,9H,5,11H2,(H,12,13)(H,14,15)/t9-/m1/s1. The first-order chi connectivity index (χ1) is 7.00. The Balaban J connectivity index is 2.80. The number of benzene rings is 1. The molecule has 0 saturated heterocycles. The highest BCUT2D eigenvalue weighted by Gasteiger charge is 2.13. The van der Waals surface area contributed by atoms with Crippen LogP contribution < -0.4 is 5.73 Å². The normalized spacial score (nSPS) is 12.1. The fourth-order valence-corrected chi connectivity index (χ4v) is 1.16. The zero-order chi connectivity index (χ0) is 11.4. The second-order valence-electron chi connectivity index (χ2n) is 3.13. The number of hydrogen-bond donors (Lipinski definition) is 3. The summed E-state index contributed by atoms with van der Waals surface area (Å²) in [4.78, 5) is 20.9. The summed E-state index contributed by atoms with van der Waals surface area (Å²) in [6.07, 6.45) is -0.0808. The second-order valence-corrected chi connectivity index (χ2v) is 3.13. The lowest BCUT2D eigenvalue weighted by atomic mass is 10.0. The Hall–Kier alpha value is -1.88. The van der Waals surface area contributed by atoms with Crippen molar-refractivity contribution in [2.75, 3.05) is 0 Å². The Labute approximate surface area is 86.1 Å². The molecule has 0 aliphatic carbocycles. The molecule has 1 atom stereocenters. The van der Waals surface area contributed by atoms with E-state index < -0.39 is 18.0 Å². The summed E-state index contributed by atoms with van der Waals surface area (Å²) in [7, 11) is 0. The third-order valence-corrected chi connectivity index (χ3v) is 1.96. The fraction of sp³-hybridized carbons (Fsp3) is 0.200. The highest BCUT2D eigenvalue weighted by atomic mass is 16.4. The zero-order valence-electron chi connectivity index (χ0n) is 7.88. The van der Waals surface area contributed by atoms with E-state index >= 15 is 0 Å². The van der Waals surface area contributed by atoms with Crippen molar-refractivity contribution in [1.82, 2.24) is 0 Å². The van der Waals surface area contributed by atoms with Crippen LogP contribution in [-0.4, -0.2) is 22.2 Å². The van der Waals surface area contributed by atoms with Crippen molar-refractivity contribution in [3.8, 4) is 0 Å². The van der Waals surface area contributed by atoms with Gasteiger partial charge in [0.1, 0.15) is 6.04 Å². The van der Waals surface area contributed by atoms with Crippen molar-refractivity contribution in [1.29, 1.82) is 0 Å². The molecule has 0 bridgehead atoms. The SMILES string of the molecule is N[C@@H](C(=O)O)c1ccc(CC(=O)O)cc1. The topological polar surface area (TPSA) is 101 Å². The summed E-state index contributed by atoms with van der Waals surface area (Å²) in [6.45, 7) is 0. The van der Waals surface area contributed by atoms with Gasteiger partial charge in [0.2, 0.25) is 0 Å². The van der Waals surface area contributed by atoms with Crippen molar-refractivity contribution >= 4 is 11.9 Å². The van der Waals surface area contributed by atoms with E-state index in [1.165, 1.54) is 12.1 Å². The minimum Gasteiger partial charge on any atom is -0.481 e. The van der Waals surface area contributed by atoms with E-state index in [-0.39, 0.29) is 6.42 Å². The minimum atomic E-state index is -1.11. The van der Waals surface area contributed by atoms with Crippen molar-refractivity contribution < 1.29 is 19.8 Å². The van der Waals surface area contributed by atoms with Crippen LogP contribution in [0, 0.1) is 0 Å². The lowest BCUT2D eigenvalue weighted by Crippen LogP contribution is -2.20. The molecule has 1 aromatic carbocycles. The molecule has 4 N–H and O–H groups in total. The first kappa shape index (κ1) is 11.2. The van der Waals surface area contributed by atoms with Crippen molar-refractivity contribution in [2.45, 2.75) is 12.5 Å². The van der Waals surface area contributed by atoms with E-state index in [0.29, 0.717) is 11.1 Å². The van der Waals surface area contributed by atoms with Crippen molar-refractivity contribution in [3.63, 3.8) is 0 Å². The number of carboxylic acids is 2. The van der Waals surface area contributed by atoms with Crippen LogP contribution in [0.5, 0.6) is 0 Å². The number of rotatable bonds is 4. The van der Waals surface area contributed by atoms with Gasteiger partial charge in [-0.2, -0.15) is 0 Å². The van der Waals surface area contributed by atoms with Gasteiger partial charge in [-0.1, -0.05) is 24.3 Å². The molecule has 0 heterocycles. The molecular formula is C10H11NO4. The van der Waals surface area contributed by atoms with Crippen LogP contribution >= 0.6 is 0 Å². The lowest BCUT2D eigenvalue weighted by Gasteiger charge is -2.06. The Bertz CT molecular complexity index is 372. The number of carbonyl (C=O) groups is 2. The molecule has 1 rings (SSSR count). The molecule has 5 heteroatoms. The van der Waals surface area contributed by atoms with Crippen molar-refractivity contribution in [3.05, 3.63) is 35.4 Å². The van der Waals surface area contributed by atoms with Gasteiger partial charge in [-0.3, -0.25) is 9.59 Å². The maximum Gasteiger partial charge on any atom is 0.325 e. The summed E-state index contributed by atoms with van der Waals surface area (Å²) >= 11 is 0. The Kier molecular flexibility index (Phi) is 3.41. The van der Waals surface area contributed by atoms with Crippen LogP contribution in [0.3, 0.4) is 0 Å². The smallest absolute Gasteiger partial charge is 0.325 e. The monoisotopic (exact) mass is 209 g/mol. The molecule has 0 aromatic heterocycles. The molecule has 0 aliphatic heterocycles. The number of hydrogen-bond acceptors (Lipinski definition) is 3. The fourth-order valence-electron chi connectivity index (χ4n) is 1.16. The van der Waals surface area contributed by atoms with Gasteiger partial charge in [-0.25, -0.2) is 0 Å². The number of aliphatic carboxylic acids is 2. The van der Waals surface area contributed by atoms with E-state index in [2.05, 4.69) is 0 Å². The molecule has 5 nitrogen and oxygen atoms in total. The average molecular weight is 209 g/mol. The summed E-state index contributed by atoms with van der Waals surface area (Å²) in [5.74, 6) is -2.04. The van der Waals surface area contributed by atoms with Crippen LogP contribution in [0.1, 0.15) is 17.2 Å². The van der Waals surface area contributed by atoms with Gasteiger partial charge in [-0.05, 0) is 11.1 Å². The maximum atomic E-state index is 10.5. The minimum absolute atomic E-state index is 0.0808. The van der Waals surface area contributed by atoms with Gasteiger partial charge in [0.05, 0.1) is 6.42 Å². The van der Waals surface area contributed by atoms with Crippen LogP contribution in [0.25, 0.3) is 0 Å². The zero-order valence-corrected chi connectivity index (χ0v) is 7.88. The van der Waals surface area contributed by atoms with Gasteiger partial charge in [0.15, 0.2) is 0 Å². The third kappa shape index (κ3) is 3.07. The first-order valence-electron chi connectivity index (χ1n) is 4.29. The highest BCUT2D eigenvalue weighted by molar-refractivity contribution is 5.75. The van der Waals surface area contributed by atoms with E-state index in [1.807, 2.05) is 0 Å². The molecule has 80 valence electrons. The van der Waals surface area contributed by atoms with Crippen LogP contribution in [0.4, 0.5) is 0 Å². The average Bonchev–Trinajstić information content (AvgIpc) is 2.17. The predicted molar refractivity (Wildman–Crippen MR) is 52.3 cm³/mol. The first-order valence-corrected chi connectivity index (χ1v) is 4.29. The highest BCUT2D eigenvalue weighted by Crippen LogP contribution is 2.12. The van der Waals surface area contributed by atoms with Gasteiger partial charge in [-0.15, -0.1) is 0 Å². The number of nitrogens with two attached hydrogens (primary N) is 1. The molecular weight excluding hydrogens is 198 g/mol. The Morgan fingerprint density at radius 2 is 1.73 bits per heavy atom. The quantitative estimate of drug-likeness (QED) is 0.666. The van der Waals surface area contributed by atoms with E-state index in [1.54, 1.807) is 12.1 Å². The molecule has 1 aromatic rings. The molecule has 0 spiro atoms. The Morgan fingerprint density at radius 3 is 2.13 bits per heavy atom. The van der Waals surface area contributed by atoms with Crippen LogP contribution in [0.2, 0.25) is 0 Å². The molecule has 15 heavy (non-hydrogen) atoms.